The molecule has 4 heteroatoms. The van der Waals surface area contributed by atoms with Crippen LogP contribution in [0.4, 0.5) is 0 Å². The molecule has 134 valence electrons. The molecule has 1 aromatic rings. The first kappa shape index (κ1) is 19.3. The average Bonchev–Trinajstić information content (AvgIpc) is 3.03. The van der Waals surface area contributed by atoms with Crippen molar-refractivity contribution in [2.24, 2.45) is 5.92 Å². The normalized spacial score (nSPS) is 17.0. The summed E-state index contributed by atoms with van der Waals surface area (Å²) in [6.07, 6.45) is 2.65. The molecule has 0 bridgehead atoms. The molecule has 1 saturated heterocycles. The molecule has 0 saturated carbocycles. The van der Waals surface area contributed by atoms with Crippen LogP contribution in [0.15, 0.2) is 29.2 Å². The van der Waals surface area contributed by atoms with Gasteiger partial charge in [0.1, 0.15) is 0 Å². The Morgan fingerprint density at radius 1 is 1.21 bits per heavy atom. The lowest BCUT2D eigenvalue weighted by Crippen LogP contribution is -2.35. The molecule has 24 heavy (non-hydrogen) atoms. The zero-order valence-electron chi connectivity index (χ0n) is 15.6. The van der Waals surface area contributed by atoms with Crippen molar-refractivity contribution in [3.05, 3.63) is 29.8 Å². The highest BCUT2D eigenvalue weighted by molar-refractivity contribution is 8.00. The van der Waals surface area contributed by atoms with Gasteiger partial charge in [0.05, 0.1) is 5.75 Å². The highest BCUT2D eigenvalue weighted by Gasteiger charge is 2.15. The van der Waals surface area contributed by atoms with E-state index in [0.29, 0.717) is 11.7 Å². The second kappa shape index (κ2) is 8.91. The van der Waals surface area contributed by atoms with Gasteiger partial charge >= 0.3 is 0 Å². The van der Waals surface area contributed by atoms with Gasteiger partial charge in [-0.25, -0.2) is 0 Å². The summed E-state index contributed by atoms with van der Waals surface area (Å²) in [7, 11) is 0. The van der Waals surface area contributed by atoms with E-state index in [1.165, 1.54) is 31.5 Å². The van der Waals surface area contributed by atoms with Crippen LogP contribution in [0.2, 0.25) is 0 Å². The third-order valence-electron chi connectivity index (χ3n) is 4.51. The molecule has 0 radical (unpaired) electrons. The second-order valence-corrected chi connectivity index (χ2v) is 9.03. The maximum Gasteiger partial charge on any atom is 0.230 e. The molecule has 1 fully saturated rings. The number of thioether (sulfide) groups is 1. The van der Waals surface area contributed by atoms with Crippen LogP contribution in [-0.4, -0.2) is 42.7 Å². The van der Waals surface area contributed by atoms with Gasteiger partial charge in [-0.2, -0.15) is 0 Å². The Morgan fingerprint density at radius 3 is 2.42 bits per heavy atom. The van der Waals surface area contributed by atoms with Crippen molar-refractivity contribution in [1.82, 2.24) is 10.2 Å². The van der Waals surface area contributed by atoms with Crippen molar-refractivity contribution >= 4 is 17.7 Å². The van der Waals surface area contributed by atoms with Gasteiger partial charge in [-0.15, -0.1) is 11.8 Å². The number of carbonyl (C=O) groups is 1. The van der Waals surface area contributed by atoms with Crippen molar-refractivity contribution in [2.45, 2.75) is 50.8 Å². The molecular formula is C20H32N2OS. The third-order valence-corrected chi connectivity index (χ3v) is 5.52. The SMILES string of the molecule is CC(CNC(=O)CSc1ccc(C(C)(C)C)cc1)CN1CCCC1. The molecule has 1 heterocycles. The Hall–Kier alpha value is -1.00. The number of nitrogens with zero attached hydrogens (tertiary/aromatic N) is 1. The van der Waals surface area contributed by atoms with Crippen LogP contribution in [0, 0.1) is 5.92 Å². The molecule has 3 nitrogen and oxygen atoms in total. The summed E-state index contributed by atoms with van der Waals surface area (Å²) in [5.74, 6) is 1.14. The summed E-state index contributed by atoms with van der Waals surface area (Å²) in [4.78, 5) is 15.7. The van der Waals surface area contributed by atoms with E-state index in [2.05, 4.69) is 62.2 Å². The molecule has 1 unspecified atom stereocenters. The molecule has 1 aliphatic heterocycles. The monoisotopic (exact) mass is 348 g/mol. The van der Waals surface area contributed by atoms with Crippen molar-refractivity contribution in [3.63, 3.8) is 0 Å². The molecule has 1 aromatic carbocycles. The summed E-state index contributed by atoms with van der Waals surface area (Å²) >= 11 is 1.61. The Morgan fingerprint density at radius 2 is 1.83 bits per heavy atom. The van der Waals surface area contributed by atoms with Crippen LogP contribution in [0.3, 0.4) is 0 Å². The molecule has 2 rings (SSSR count). The molecule has 1 aliphatic rings. The maximum absolute atomic E-state index is 12.0. The minimum atomic E-state index is 0.133. The number of hydrogen-bond donors (Lipinski definition) is 1. The standard InChI is InChI=1S/C20H32N2OS/c1-16(14-22-11-5-6-12-22)13-21-19(23)15-24-18-9-7-17(8-10-18)20(2,3)4/h7-10,16H,5-6,11-15H2,1-4H3,(H,21,23). The average molecular weight is 349 g/mol. The van der Waals surface area contributed by atoms with Crippen LogP contribution < -0.4 is 5.32 Å². The van der Waals surface area contributed by atoms with Gasteiger partial charge in [0, 0.05) is 18.0 Å². The van der Waals surface area contributed by atoms with Gasteiger partial charge in [0.2, 0.25) is 5.91 Å². The fraction of sp³-hybridized carbons (Fsp3) is 0.650. The second-order valence-electron chi connectivity index (χ2n) is 7.98. The van der Waals surface area contributed by atoms with Crippen LogP contribution in [0.5, 0.6) is 0 Å². The summed E-state index contributed by atoms with van der Waals surface area (Å²) < 4.78 is 0. The fourth-order valence-corrected chi connectivity index (χ4v) is 3.74. The first-order valence-corrected chi connectivity index (χ1v) is 10.1. The lowest BCUT2D eigenvalue weighted by Gasteiger charge is -2.20. The van der Waals surface area contributed by atoms with E-state index in [9.17, 15) is 4.79 Å². The van der Waals surface area contributed by atoms with Crippen LogP contribution in [0.1, 0.15) is 46.1 Å². The summed E-state index contributed by atoms with van der Waals surface area (Å²) in [6.45, 7) is 13.2. The summed E-state index contributed by atoms with van der Waals surface area (Å²) in [5.41, 5.74) is 1.50. The molecule has 0 spiro atoms. The molecule has 1 N–H and O–H groups in total. The van der Waals surface area contributed by atoms with Crippen LogP contribution in [-0.2, 0) is 10.2 Å². The maximum atomic E-state index is 12.0. The Kier molecular flexibility index (Phi) is 7.17. The topological polar surface area (TPSA) is 32.3 Å². The van der Waals surface area contributed by atoms with Gasteiger partial charge in [-0.3, -0.25) is 4.79 Å². The Bertz CT molecular complexity index is 515. The van der Waals surface area contributed by atoms with Gasteiger partial charge < -0.3 is 10.2 Å². The van der Waals surface area contributed by atoms with Gasteiger partial charge in [0.25, 0.3) is 0 Å². The minimum Gasteiger partial charge on any atom is -0.355 e. The summed E-state index contributed by atoms with van der Waals surface area (Å²) in [5, 5.41) is 3.08. The number of amides is 1. The Balaban J connectivity index is 1.67. The predicted octanol–water partition coefficient (Wildman–Crippen LogP) is 3.92. The fourth-order valence-electron chi connectivity index (χ4n) is 3.01. The Labute approximate surface area is 151 Å². The minimum absolute atomic E-state index is 0.133. The number of carbonyl (C=O) groups excluding carboxylic acids is 1. The quantitative estimate of drug-likeness (QED) is 0.758. The third kappa shape index (κ3) is 6.48. The lowest BCUT2D eigenvalue weighted by molar-refractivity contribution is -0.118. The van der Waals surface area contributed by atoms with Gasteiger partial charge in [0.15, 0.2) is 0 Å². The lowest BCUT2D eigenvalue weighted by atomic mass is 9.87. The van der Waals surface area contributed by atoms with Crippen molar-refractivity contribution < 1.29 is 4.79 Å². The van der Waals surface area contributed by atoms with Gasteiger partial charge in [-0.1, -0.05) is 39.8 Å². The zero-order chi connectivity index (χ0) is 17.6. The number of likely N-dealkylation sites (tertiary alicyclic amines) is 1. The predicted molar refractivity (Wildman–Crippen MR) is 104 cm³/mol. The number of benzene rings is 1. The first-order valence-electron chi connectivity index (χ1n) is 9.07. The van der Waals surface area contributed by atoms with Crippen molar-refractivity contribution in [3.8, 4) is 0 Å². The highest BCUT2D eigenvalue weighted by Crippen LogP contribution is 2.25. The van der Waals surface area contributed by atoms with E-state index in [4.69, 9.17) is 0 Å². The van der Waals surface area contributed by atoms with E-state index in [-0.39, 0.29) is 11.3 Å². The van der Waals surface area contributed by atoms with Crippen LogP contribution >= 0.6 is 11.8 Å². The van der Waals surface area contributed by atoms with Crippen molar-refractivity contribution in [2.75, 3.05) is 31.9 Å². The number of hydrogen-bond acceptors (Lipinski definition) is 3. The first-order chi connectivity index (χ1) is 11.3. The van der Waals surface area contributed by atoms with E-state index in [0.717, 1.165) is 18.0 Å². The molecule has 0 aromatic heterocycles. The molecule has 0 aliphatic carbocycles. The zero-order valence-corrected chi connectivity index (χ0v) is 16.4. The molecular weight excluding hydrogens is 316 g/mol. The van der Waals surface area contributed by atoms with E-state index in [1.807, 2.05) is 0 Å². The number of nitrogens with one attached hydrogen (secondary N) is 1. The van der Waals surface area contributed by atoms with E-state index < -0.39 is 0 Å². The largest absolute Gasteiger partial charge is 0.355 e. The summed E-state index contributed by atoms with van der Waals surface area (Å²) in [6, 6.07) is 8.57. The van der Waals surface area contributed by atoms with Crippen LogP contribution in [0.25, 0.3) is 0 Å². The smallest absolute Gasteiger partial charge is 0.230 e. The molecule has 1 amide bonds. The molecule has 1 atom stereocenters. The van der Waals surface area contributed by atoms with Gasteiger partial charge in [-0.05, 0) is 55.0 Å². The van der Waals surface area contributed by atoms with E-state index >= 15 is 0 Å². The number of rotatable bonds is 7. The highest BCUT2D eigenvalue weighted by atomic mass is 32.2. The van der Waals surface area contributed by atoms with Crippen molar-refractivity contribution in [1.29, 1.82) is 0 Å². The van der Waals surface area contributed by atoms with E-state index in [1.54, 1.807) is 11.8 Å².